The monoisotopic (exact) mass is 249 g/mol. The molecule has 0 radical (unpaired) electrons. The Labute approximate surface area is 106 Å². The quantitative estimate of drug-likeness (QED) is 0.909. The molecule has 0 spiro atoms. The largest absolute Gasteiger partial charge is 0.328 e. The average molecular weight is 250 g/mol. The van der Waals surface area contributed by atoms with E-state index in [1.165, 1.54) is 0 Å². The number of nitrogens with two attached hydrogens (primary N) is 1. The standard InChI is InChI=1S/C13H16ClN3/c1-9(15)7-11-3-4-13(12(14)8-11)17-6-5-16-10(17)2/h3-6,8-9H,7,15H2,1-2H3. The van der Waals surface area contributed by atoms with Crippen LogP contribution in [0.25, 0.3) is 5.69 Å². The lowest BCUT2D eigenvalue weighted by Crippen LogP contribution is -2.17. The van der Waals surface area contributed by atoms with Gasteiger partial charge in [-0.15, -0.1) is 0 Å². The highest BCUT2D eigenvalue weighted by Crippen LogP contribution is 2.23. The van der Waals surface area contributed by atoms with E-state index in [1.807, 2.05) is 36.7 Å². The fourth-order valence-corrected chi connectivity index (χ4v) is 2.17. The van der Waals surface area contributed by atoms with E-state index in [-0.39, 0.29) is 6.04 Å². The van der Waals surface area contributed by atoms with Crippen molar-refractivity contribution >= 4 is 11.6 Å². The first kappa shape index (κ1) is 12.1. The Bertz CT molecular complexity index is 517. The molecule has 1 unspecified atom stereocenters. The minimum absolute atomic E-state index is 0.145. The third-order valence-corrected chi connectivity index (χ3v) is 2.96. The smallest absolute Gasteiger partial charge is 0.110 e. The molecule has 90 valence electrons. The number of aromatic nitrogens is 2. The summed E-state index contributed by atoms with van der Waals surface area (Å²) in [5.41, 5.74) is 7.89. The second-order valence-electron chi connectivity index (χ2n) is 4.31. The van der Waals surface area contributed by atoms with Crippen molar-refractivity contribution in [2.45, 2.75) is 26.3 Å². The van der Waals surface area contributed by atoms with Crippen LogP contribution in [-0.4, -0.2) is 15.6 Å². The number of hydrogen-bond acceptors (Lipinski definition) is 2. The van der Waals surface area contributed by atoms with Crippen LogP contribution in [0.15, 0.2) is 30.6 Å². The lowest BCUT2D eigenvalue weighted by atomic mass is 10.1. The highest BCUT2D eigenvalue weighted by atomic mass is 35.5. The molecule has 0 bridgehead atoms. The van der Waals surface area contributed by atoms with E-state index in [9.17, 15) is 0 Å². The summed E-state index contributed by atoms with van der Waals surface area (Å²) in [6.45, 7) is 3.94. The summed E-state index contributed by atoms with van der Waals surface area (Å²) >= 11 is 6.29. The molecule has 1 atom stereocenters. The Morgan fingerprint density at radius 1 is 1.47 bits per heavy atom. The third kappa shape index (κ3) is 2.68. The van der Waals surface area contributed by atoms with Gasteiger partial charge < -0.3 is 10.3 Å². The molecule has 3 nitrogen and oxygen atoms in total. The van der Waals surface area contributed by atoms with Crippen LogP contribution in [0.1, 0.15) is 18.3 Å². The number of nitrogens with zero attached hydrogens (tertiary/aromatic N) is 2. The van der Waals surface area contributed by atoms with Crippen molar-refractivity contribution in [2.75, 3.05) is 0 Å². The van der Waals surface area contributed by atoms with Gasteiger partial charge in [0.15, 0.2) is 0 Å². The topological polar surface area (TPSA) is 43.8 Å². The lowest BCUT2D eigenvalue weighted by molar-refractivity contribution is 0.738. The van der Waals surface area contributed by atoms with Gasteiger partial charge in [-0.25, -0.2) is 4.98 Å². The zero-order chi connectivity index (χ0) is 12.4. The normalized spacial score (nSPS) is 12.7. The molecule has 0 aliphatic heterocycles. The molecule has 17 heavy (non-hydrogen) atoms. The molecule has 4 heteroatoms. The van der Waals surface area contributed by atoms with Crippen LogP contribution in [0.2, 0.25) is 5.02 Å². The van der Waals surface area contributed by atoms with E-state index in [0.29, 0.717) is 0 Å². The number of imidazole rings is 1. The van der Waals surface area contributed by atoms with Gasteiger partial charge >= 0.3 is 0 Å². The zero-order valence-corrected chi connectivity index (χ0v) is 10.8. The summed E-state index contributed by atoms with van der Waals surface area (Å²) < 4.78 is 1.97. The molecule has 2 N–H and O–H groups in total. The number of aryl methyl sites for hydroxylation is 1. The first-order valence-electron chi connectivity index (χ1n) is 5.62. The van der Waals surface area contributed by atoms with Gasteiger partial charge in [-0.2, -0.15) is 0 Å². The first-order chi connectivity index (χ1) is 8.08. The Morgan fingerprint density at radius 2 is 2.24 bits per heavy atom. The van der Waals surface area contributed by atoms with Gasteiger partial charge in [-0.05, 0) is 38.0 Å². The molecule has 0 fully saturated rings. The minimum Gasteiger partial charge on any atom is -0.328 e. The first-order valence-corrected chi connectivity index (χ1v) is 6.00. The molecule has 0 saturated heterocycles. The van der Waals surface area contributed by atoms with Gasteiger partial charge in [0.1, 0.15) is 5.82 Å². The van der Waals surface area contributed by atoms with Crippen LogP contribution in [0, 0.1) is 6.92 Å². The molecule has 1 aromatic heterocycles. The lowest BCUT2D eigenvalue weighted by Gasteiger charge is -2.10. The summed E-state index contributed by atoms with van der Waals surface area (Å²) in [7, 11) is 0. The van der Waals surface area contributed by atoms with Crippen LogP contribution in [0.3, 0.4) is 0 Å². The second-order valence-corrected chi connectivity index (χ2v) is 4.72. The molecule has 0 amide bonds. The van der Waals surface area contributed by atoms with Crippen LogP contribution >= 0.6 is 11.6 Å². The van der Waals surface area contributed by atoms with E-state index in [0.717, 1.165) is 28.5 Å². The third-order valence-electron chi connectivity index (χ3n) is 2.66. The zero-order valence-electron chi connectivity index (χ0n) is 10.0. The van der Waals surface area contributed by atoms with Gasteiger partial charge in [0.25, 0.3) is 0 Å². The molecular weight excluding hydrogens is 234 g/mol. The maximum absolute atomic E-state index is 6.29. The van der Waals surface area contributed by atoms with Crippen LogP contribution in [0.5, 0.6) is 0 Å². The summed E-state index contributed by atoms with van der Waals surface area (Å²) in [4.78, 5) is 4.19. The molecule has 2 rings (SSSR count). The van der Waals surface area contributed by atoms with E-state index < -0.39 is 0 Å². The number of rotatable bonds is 3. The van der Waals surface area contributed by atoms with Crippen molar-refractivity contribution in [2.24, 2.45) is 5.73 Å². The van der Waals surface area contributed by atoms with Gasteiger partial charge in [-0.1, -0.05) is 17.7 Å². The Morgan fingerprint density at radius 3 is 2.76 bits per heavy atom. The molecule has 0 saturated carbocycles. The SMILES string of the molecule is Cc1nccn1-c1ccc(CC(C)N)cc1Cl. The Balaban J connectivity index is 2.35. The maximum Gasteiger partial charge on any atom is 0.110 e. The van der Waals surface area contributed by atoms with E-state index in [1.54, 1.807) is 6.20 Å². The predicted molar refractivity (Wildman–Crippen MR) is 70.7 cm³/mol. The van der Waals surface area contributed by atoms with Crippen LogP contribution in [0.4, 0.5) is 0 Å². The minimum atomic E-state index is 0.145. The molecule has 0 aliphatic carbocycles. The summed E-state index contributed by atoms with van der Waals surface area (Å²) in [6.07, 6.45) is 4.51. The van der Waals surface area contributed by atoms with E-state index >= 15 is 0 Å². The maximum atomic E-state index is 6.29. The summed E-state index contributed by atoms with van der Waals surface area (Å²) in [5.74, 6) is 0.923. The Hall–Kier alpha value is -1.32. The number of hydrogen-bond donors (Lipinski definition) is 1. The molecule has 0 aliphatic rings. The van der Waals surface area contributed by atoms with Crippen molar-refractivity contribution in [1.29, 1.82) is 0 Å². The van der Waals surface area contributed by atoms with Gasteiger partial charge in [0, 0.05) is 18.4 Å². The van der Waals surface area contributed by atoms with Crippen molar-refractivity contribution in [3.8, 4) is 5.69 Å². The number of halogens is 1. The molecule has 2 aromatic rings. The van der Waals surface area contributed by atoms with Crippen molar-refractivity contribution in [3.05, 3.63) is 47.0 Å². The van der Waals surface area contributed by atoms with Crippen molar-refractivity contribution in [3.63, 3.8) is 0 Å². The van der Waals surface area contributed by atoms with Crippen molar-refractivity contribution < 1.29 is 0 Å². The van der Waals surface area contributed by atoms with E-state index in [4.69, 9.17) is 17.3 Å². The molecule has 1 aromatic carbocycles. The second kappa shape index (κ2) is 4.90. The predicted octanol–water partition coefficient (Wildman–Crippen LogP) is 2.72. The average Bonchev–Trinajstić information content (AvgIpc) is 2.64. The fourth-order valence-electron chi connectivity index (χ4n) is 1.88. The Kier molecular flexibility index (Phi) is 3.50. The highest BCUT2D eigenvalue weighted by molar-refractivity contribution is 6.32. The van der Waals surface area contributed by atoms with Gasteiger partial charge in [-0.3, -0.25) is 0 Å². The van der Waals surface area contributed by atoms with Crippen molar-refractivity contribution in [1.82, 2.24) is 9.55 Å². The van der Waals surface area contributed by atoms with E-state index in [2.05, 4.69) is 11.1 Å². The fraction of sp³-hybridized carbons (Fsp3) is 0.308. The number of benzene rings is 1. The van der Waals surface area contributed by atoms with Crippen LogP contribution in [-0.2, 0) is 6.42 Å². The van der Waals surface area contributed by atoms with Gasteiger partial charge in [0.05, 0.1) is 10.7 Å². The summed E-state index contributed by atoms with van der Waals surface area (Å²) in [6, 6.07) is 6.19. The highest BCUT2D eigenvalue weighted by Gasteiger charge is 2.07. The molecule has 1 heterocycles. The van der Waals surface area contributed by atoms with Gasteiger partial charge in [0.2, 0.25) is 0 Å². The van der Waals surface area contributed by atoms with Crippen LogP contribution < -0.4 is 5.73 Å². The molecular formula is C13H16ClN3. The summed E-state index contributed by atoms with van der Waals surface area (Å²) in [5, 5.41) is 0.726.